The molecule has 3 nitrogen and oxygen atoms in total. The van der Waals surface area contributed by atoms with Gasteiger partial charge in [0, 0.05) is 11.4 Å². The maximum atomic E-state index is 9.11. The topological polar surface area (TPSA) is 32.7 Å². The molecule has 1 aliphatic heterocycles. The van der Waals surface area contributed by atoms with Crippen molar-refractivity contribution in [3.63, 3.8) is 0 Å². The predicted octanol–water partition coefficient (Wildman–Crippen LogP) is 2.48. The van der Waals surface area contributed by atoms with Crippen molar-refractivity contribution >= 4 is 29.4 Å². The highest BCUT2D eigenvalue weighted by Crippen LogP contribution is 2.46. The van der Waals surface area contributed by atoms with E-state index in [4.69, 9.17) is 9.84 Å². The number of thiol groups is 1. The molecular formula is C14H22ClNO2S. The summed E-state index contributed by atoms with van der Waals surface area (Å²) in [4.78, 5) is 3.49. The molecule has 19 heavy (non-hydrogen) atoms. The lowest BCUT2D eigenvalue weighted by Crippen LogP contribution is -2.18. The van der Waals surface area contributed by atoms with Crippen LogP contribution in [0, 0.1) is 0 Å². The van der Waals surface area contributed by atoms with Crippen LogP contribution in [0.3, 0.4) is 0 Å². The molecule has 0 aliphatic carbocycles. The largest absolute Gasteiger partial charge is 0.392 e. The Hall–Kier alpha value is -0.520. The molecule has 0 bridgehead atoms. The molecule has 0 spiro atoms. The molecule has 1 aromatic rings. The van der Waals surface area contributed by atoms with Gasteiger partial charge in [0.1, 0.15) is 0 Å². The minimum absolute atomic E-state index is 0. The fourth-order valence-corrected chi connectivity index (χ4v) is 3.66. The molecule has 1 N–H and O–H groups in total. The van der Waals surface area contributed by atoms with Crippen LogP contribution >= 0.6 is 23.3 Å². The van der Waals surface area contributed by atoms with Gasteiger partial charge in [-0.05, 0) is 48.8 Å². The van der Waals surface area contributed by atoms with E-state index in [1.807, 2.05) is 6.07 Å². The quantitative estimate of drug-likeness (QED) is 0.626. The van der Waals surface area contributed by atoms with E-state index in [2.05, 4.69) is 42.6 Å². The second kappa shape index (κ2) is 7.92. The molecule has 0 saturated carbocycles. The summed E-state index contributed by atoms with van der Waals surface area (Å²) in [6.45, 7) is 1.85. The first kappa shape index (κ1) is 16.5. The summed E-state index contributed by atoms with van der Waals surface area (Å²) in [6.07, 6.45) is 2.15. The zero-order valence-electron chi connectivity index (χ0n) is 11.4. The Labute approximate surface area is 124 Å². The number of fused-ring (bicyclic) bond motifs is 1. The zero-order valence-corrected chi connectivity index (χ0v) is 13.1. The van der Waals surface area contributed by atoms with Crippen molar-refractivity contribution < 1.29 is 9.84 Å². The lowest BCUT2D eigenvalue weighted by Gasteiger charge is -2.17. The Morgan fingerprint density at radius 1 is 1.32 bits per heavy atom. The van der Waals surface area contributed by atoms with E-state index in [1.54, 1.807) is 0 Å². The van der Waals surface area contributed by atoms with Crippen molar-refractivity contribution in [2.24, 2.45) is 0 Å². The van der Waals surface area contributed by atoms with Crippen molar-refractivity contribution in [3.05, 3.63) is 34.7 Å². The lowest BCUT2D eigenvalue weighted by atomic mass is 10.1. The first-order chi connectivity index (χ1) is 8.70. The molecule has 108 valence electrons. The Morgan fingerprint density at radius 2 is 2.11 bits per heavy atom. The lowest BCUT2D eigenvalue weighted by molar-refractivity contribution is 0.158. The van der Waals surface area contributed by atoms with Crippen molar-refractivity contribution in [1.82, 2.24) is 4.90 Å². The van der Waals surface area contributed by atoms with E-state index in [-0.39, 0.29) is 29.9 Å². The maximum absolute atomic E-state index is 9.11. The summed E-state index contributed by atoms with van der Waals surface area (Å²) >= 11 is 0. The highest BCUT2D eigenvalue weighted by atomic mass is 35.5. The van der Waals surface area contributed by atoms with Crippen LogP contribution in [-0.4, -0.2) is 43.2 Å². The van der Waals surface area contributed by atoms with Crippen molar-refractivity contribution in [1.29, 1.82) is 0 Å². The molecule has 0 aromatic heterocycles. The summed E-state index contributed by atoms with van der Waals surface area (Å²) in [6, 6.07) is 6.19. The van der Waals surface area contributed by atoms with E-state index in [9.17, 15) is 0 Å². The summed E-state index contributed by atoms with van der Waals surface area (Å²) in [7, 11) is 3.79. The normalized spacial score (nSPS) is 18.4. The van der Waals surface area contributed by atoms with Crippen molar-refractivity contribution in [2.75, 3.05) is 33.2 Å². The molecule has 1 aliphatic rings. The van der Waals surface area contributed by atoms with Gasteiger partial charge in [0.25, 0.3) is 0 Å². The third kappa shape index (κ3) is 4.51. The van der Waals surface area contributed by atoms with Crippen LogP contribution in [-0.2, 0) is 11.3 Å². The molecule has 1 atom stereocenters. The van der Waals surface area contributed by atoms with E-state index in [0.717, 1.165) is 24.7 Å². The van der Waals surface area contributed by atoms with Gasteiger partial charge in [-0.1, -0.05) is 6.07 Å². The zero-order chi connectivity index (χ0) is 13.0. The summed E-state index contributed by atoms with van der Waals surface area (Å²) in [5, 5.41) is 11.4. The number of rotatable bonds is 6. The molecule has 0 amide bonds. The molecule has 1 unspecified atom stereocenters. The van der Waals surface area contributed by atoms with Gasteiger partial charge < -0.3 is 14.7 Å². The Morgan fingerprint density at radius 3 is 2.79 bits per heavy atom. The second-order valence-electron chi connectivity index (χ2n) is 4.68. The average Bonchev–Trinajstić information content (AvgIpc) is 2.76. The summed E-state index contributed by atoms with van der Waals surface area (Å²) < 4.78 is 5.73. The number of benzene rings is 1. The van der Waals surface area contributed by atoms with Gasteiger partial charge in [0.05, 0.1) is 19.2 Å². The number of aliphatic hydroxyl groups excluding tert-OH is 1. The number of likely N-dealkylation sites (N-methyl/N-ethyl adjacent to an activating group) is 1. The van der Waals surface area contributed by atoms with Crippen LogP contribution in [0.4, 0.5) is 0 Å². The number of hydrogen-bond acceptors (Lipinski definition) is 3. The van der Waals surface area contributed by atoms with Crippen LogP contribution in [0.25, 0.3) is 6.08 Å². The van der Waals surface area contributed by atoms with Gasteiger partial charge in [-0.3, -0.25) is 0 Å². The first-order valence-electron chi connectivity index (χ1n) is 6.12. The number of hydrogen-bond donors (Lipinski definition) is 2. The summed E-state index contributed by atoms with van der Waals surface area (Å²) in [5.41, 5.74) is 2.22. The fraction of sp³-hybridized carbons (Fsp3) is 0.429. The standard InChI is InChI=1S/C14H21NO2S.ClH/c1-15(2)6-7-17-11-18-8-5-13-9-12(10-16)3-4-14(13)18;/h3-5,8-9,16,18H,6-7,10-11H2,1-2H3;1H. The molecular weight excluding hydrogens is 282 g/mol. The predicted molar refractivity (Wildman–Crippen MR) is 85.3 cm³/mol. The molecule has 0 radical (unpaired) electrons. The molecule has 2 rings (SSSR count). The minimum atomic E-state index is -0.312. The number of aliphatic hydroxyl groups is 1. The van der Waals surface area contributed by atoms with Gasteiger partial charge >= 0.3 is 0 Å². The molecule has 1 heterocycles. The monoisotopic (exact) mass is 303 g/mol. The minimum Gasteiger partial charge on any atom is -0.392 e. The Balaban J connectivity index is 0.00000180. The van der Waals surface area contributed by atoms with Crippen LogP contribution in [0.2, 0.25) is 0 Å². The fourth-order valence-electron chi connectivity index (χ4n) is 1.87. The third-order valence-corrected chi connectivity index (χ3v) is 4.93. The van der Waals surface area contributed by atoms with Gasteiger partial charge in [-0.2, -0.15) is 10.9 Å². The average molecular weight is 304 g/mol. The third-order valence-electron chi connectivity index (χ3n) is 2.93. The second-order valence-corrected chi connectivity index (χ2v) is 6.66. The van der Waals surface area contributed by atoms with E-state index in [1.165, 1.54) is 10.5 Å². The van der Waals surface area contributed by atoms with Crippen molar-refractivity contribution in [2.45, 2.75) is 11.5 Å². The number of halogens is 1. The molecule has 0 saturated heterocycles. The van der Waals surface area contributed by atoms with Crippen LogP contribution in [0.1, 0.15) is 11.1 Å². The van der Waals surface area contributed by atoms with Crippen molar-refractivity contribution in [3.8, 4) is 0 Å². The van der Waals surface area contributed by atoms with Gasteiger partial charge in [0.15, 0.2) is 0 Å². The Bertz CT molecular complexity index is 437. The first-order valence-corrected chi connectivity index (χ1v) is 7.71. The van der Waals surface area contributed by atoms with Gasteiger partial charge in [-0.25, -0.2) is 0 Å². The smallest absolute Gasteiger partial charge is 0.0816 e. The van der Waals surface area contributed by atoms with E-state index < -0.39 is 0 Å². The number of ether oxygens (including phenoxy) is 1. The number of nitrogens with zero attached hydrogens (tertiary/aromatic N) is 1. The van der Waals surface area contributed by atoms with E-state index in [0.29, 0.717) is 0 Å². The molecule has 5 heteroatoms. The highest BCUT2D eigenvalue weighted by Gasteiger charge is 2.14. The molecule has 0 fully saturated rings. The maximum Gasteiger partial charge on any atom is 0.0816 e. The Kier molecular flexibility index (Phi) is 6.89. The van der Waals surface area contributed by atoms with Crippen LogP contribution < -0.4 is 0 Å². The van der Waals surface area contributed by atoms with Gasteiger partial charge in [-0.15, -0.1) is 12.4 Å². The summed E-state index contributed by atoms with van der Waals surface area (Å²) in [5.74, 6) is 0.797. The van der Waals surface area contributed by atoms with Crippen LogP contribution in [0.5, 0.6) is 0 Å². The highest BCUT2D eigenvalue weighted by molar-refractivity contribution is 8.19. The van der Waals surface area contributed by atoms with Gasteiger partial charge in [0.2, 0.25) is 0 Å². The van der Waals surface area contributed by atoms with Crippen LogP contribution in [0.15, 0.2) is 28.5 Å². The van der Waals surface area contributed by atoms with E-state index >= 15 is 0 Å². The SMILES string of the molecule is CN(C)CCOC[SH]1C=Cc2cc(CO)ccc21.Cl. The molecule has 1 aromatic carbocycles.